The molecule has 1 unspecified atom stereocenters. The highest BCUT2D eigenvalue weighted by Gasteiger charge is 2.24. The van der Waals surface area contributed by atoms with Crippen molar-refractivity contribution in [3.05, 3.63) is 59.3 Å². The highest BCUT2D eigenvalue weighted by Crippen LogP contribution is 2.39. The molecule has 2 N–H and O–H groups in total. The smallest absolute Gasteiger partial charge is 0.274 e. The molecular weight excluding hydrogens is 392 g/mol. The number of H-pyrrole nitrogens is 1. The molecule has 4 aromatic rings. The molecule has 0 bridgehead atoms. The Morgan fingerprint density at radius 3 is 2.74 bits per heavy atom. The van der Waals surface area contributed by atoms with E-state index in [1.807, 2.05) is 42.6 Å². The topological polar surface area (TPSA) is 89.1 Å². The minimum Gasteiger partial charge on any atom is -0.350 e. The predicted molar refractivity (Wildman–Crippen MR) is 116 cm³/mol. The fourth-order valence-corrected chi connectivity index (χ4v) is 4.52. The molecule has 0 spiro atoms. The summed E-state index contributed by atoms with van der Waals surface area (Å²) in [5, 5.41) is 9.56. The number of benzene rings is 2. The SMILES string of the molecule is O=C(NOC1CCCCO1)c1ccc(-c2nc3ccc4[nH]ncc4c3c3c2CC3)cc1. The zero-order valence-electron chi connectivity index (χ0n) is 17.0. The molecule has 2 aromatic heterocycles. The van der Waals surface area contributed by atoms with Gasteiger partial charge < -0.3 is 4.74 Å². The molecule has 2 aromatic carbocycles. The molecule has 1 saturated heterocycles. The van der Waals surface area contributed by atoms with Crippen LogP contribution in [0.25, 0.3) is 33.1 Å². The number of hydroxylamine groups is 1. The van der Waals surface area contributed by atoms with E-state index in [1.54, 1.807) is 0 Å². The molecule has 7 nitrogen and oxygen atoms in total. The molecule has 7 heteroatoms. The van der Waals surface area contributed by atoms with Crippen LogP contribution in [-0.4, -0.2) is 34.0 Å². The Labute approximate surface area is 178 Å². The van der Waals surface area contributed by atoms with Gasteiger partial charge in [0.15, 0.2) is 6.29 Å². The van der Waals surface area contributed by atoms with Crippen LogP contribution in [0, 0.1) is 0 Å². The third-order valence-corrected chi connectivity index (χ3v) is 6.25. The van der Waals surface area contributed by atoms with Gasteiger partial charge in [0, 0.05) is 34.9 Å². The Balaban J connectivity index is 1.27. The summed E-state index contributed by atoms with van der Waals surface area (Å²) in [4.78, 5) is 22.8. The summed E-state index contributed by atoms with van der Waals surface area (Å²) in [7, 11) is 0. The summed E-state index contributed by atoms with van der Waals surface area (Å²) in [6.07, 6.45) is 6.46. The molecule has 1 amide bonds. The number of aromatic nitrogens is 3. The Hall–Kier alpha value is -3.29. The number of aryl methyl sites for hydroxylation is 1. The number of amides is 1. The highest BCUT2D eigenvalue weighted by atomic mass is 16.8. The van der Waals surface area contributed by atoms with Gasteiger partial charge in [0.05, 0.1) is 22.9 Å². The van der Waals surface area contributed by atoms with Crippen LogP contribution in [0.2, 0.25) is 0 Å². The van der Waals surface area contributed by atoms with Crippen molar-refractivity contribution in [1.82, 2.24) is 20.7 Å². The van der Waals surface area contributed by atoms with Crippen LogP contribution in [-0.2, 0) is 22.4 Å². The Morgan fingerprint density at radius 2 is 1.97 bits per heavy atom. The quantitative estimate of drug-likeness (QED) is 0.492. The highest BCUT2D eigenvalue weighted by molar-refractivity contribution is 6.08. The first-order valence-corrected chi connectivity index (χ1v) is 10.7. The summed E-state index contributed by atoms with van der Waals surface area (Å²) in [5.74, 6) is -0.275. The van der Waals surface area contributed by atoms with Gasteiger partial charge >= 0.3 is 0 Å². The van der Waals surface area contributed by atoms with Gasteiger partial charge in [-0.1, -0.05) is 12.1 Å². The average Bonchev–Trinajstić information content (AvgIpc) is 3.27. The molecule has 31 heavy (non-hydrogen) atoms. The molecule has 156 valence electrons. The number of nitrogens with one attached hydrogen (secondary N) is 2. The van der Waals surface area contributed by atoms with Crippen molar-refractivity contribution in [2.75, 3.05) is 6.61 Å². The van der Waals surface area contributed by atoms with E-state index in [0.717, 1.165) is 59.8 Å². The van der Waals surface area contributed by atoms with E-state index in [0.29, 0.717) is 12.2 Å². The van der Waals surface area contributed by atoms with E-state index in [2.05, 4.69) is 15.7 Å². The van der Waals surface area contributed by atoms with E-state index >= 15 is 0 Å². The molecule has 1 atom stereocenters. The lowest BCUT2D eigenvalue weighted by molar-refractivity contribution is -0.186. The van der Waals surface area contributed by atoms with Crippen molar-refractivity contribution in [3.8, 4) is 11.3 Å². The van der Waals surface area contributed by atoms with E-state index < -0.39 is 0 Å². The van der Waals surface area contributed by atoms with Gasteiger partial charge in [0.2, 0.25) is 0 Å². The molecule has 2 aliphatic rings. The van der Waals surface area contributed by atoms with Gasteiger partial charge in [-0.25, -0.2) is 15.3 Å². The number of fused-ring (bicyclic) bond motifs is 5. The summed E-state index contributed by atoms with van der Waals surface area (Å²) < 4.78 is 5.48. The van der Waals surface area contributed by atoms with E-state index in [4.69, 9.17) is 14.6 Å². The maximum Gasteiger partial charge on any atom is 0.274 e. The lowest BCUT2D eigenvalue weighted by Crippen LogP contribution is -2.33. The number of carbonyl (C=O) groups excluding carboxylic acids is 1. The first kappa shape index (κ1) is 18.5. The van der Waals surface area contributed by atoms with E-state index in [1.165, 1.54) is 16.5 Å². The van der Waals surface area contributed by atoms with Gasteiger partial charge in [-0.15, -0.1) is 0 Å². The second-order valence-electron chi connectivity index (χ2n) is 8.13. The largest absolute Gasteiger partial charge is 0.350 e. The number of hydrogen-bond acceptors (Lipinski definition) is 5. The second-order valence-corrected chi connectivity index (χ2v) is 8.13. The van der Waals surface area contributed by atoms with Crippen LogP contribution >= 0.6 is 0 Å². The molecular formula is C24H22N4O3. The Kier molecular flexibility index (Phi) is 4.44. The molecule has 1 fully saturated rings. The first-order valence-electron chi connectivity index (χ1n) is 10.7. The lowest BCUT2D eigenvalue weighted by atomic mass is 9.82. The fraction of sp³-hybridized carbons (Fsp3) is 0.292. The van der Waals surface area contributed by atoms with Crippen LogP contribution in [0.3, 0.4) is 0 Å². The van der Waals surface area contributed by atoms with Gasteiger partial charge in [0.1, 0.15) is 0 Å². The molecule has 0 saturated carbocycles. The zero-order valence-corrected chi connectivity index (χ0v) is 17.0. The standard InChI is InChI=1S/C24H22N4O3/c29-24(28-31-21-3-1-2-12-30-21)15-6-4-14(5-7-15)23-17-9-8-16(17)22-18-13-25-27-19(18)10-11-20(22)26-23/h4-7,10-11,13,21H,1-3,8-9,12H2,(H,25,27)(H,28,29). The summed E-state index contributed by atoms with van der Waals surface area (Å²) in [5.41, 5.74) is 9.71. The Morgan fingerprint density at radius 1 is 1.10 bits per heavy atom. The van der Waals surface area contributed by atoms with E-state index in [9.17, 15) is 4.79 Å². The normalized spacial score (nSPS) is 18.0. The van der Waals surface area contributed by atoms with Crippen LogP contribution < -0.4 is 5.48 Å². The minimum absolute atomic E-state index is 0.275. The van der Waals surface area contributed by atoms with Crippen LogP contribution in [0.1, 0.15) is 40.7 Å². The summed E-state index contributed by atoms with van der Waals surface area (Å²) in [6, 6.07) is 11.6. The van der Waals surface area contributed by atoms with Crippen LogP contribution in [0.4, 0.5) is 0 Å². The van der Waals surface area contributed by atoms with Crippen LogP contribution in [0.5, 0.6) is 0 Å². The maximum absolute atomic E-state index is 12.4. The number of ether oxygens (including phenoxy) is 1. The third-order valence-electron chi connectivity index (χ3n) is 6.25. The molecule has 6 rings (SSSR count). The summed E-state index contributed by atoms with van der Waals surface area (Å²) >= 11 is 0. The second kappa shape index (κ2) is 7.44. The summed E-state index contributed by atoms with van der Waals surface area (Å²) in [6.45, 7) is 0.671. The maximum atomic E-state index is 12.4. The number of aromatic amines is 1. The molecule has 1 aliphatic heterocycles. The minimum atomic E-state index is -0.362. The number of pyridine rings is 1. The number of nitrogens with zero attached hydrogens (tertiary/aromatic N) is 2. The number of rotatable bonds is 4. The number of carbonyl (C=O) groups is 1. The molecule has 3 heterocycles. The van der Waals surface area contributed by atoms with Crippen molar-refractivity contribution >= 4 is 27.7 Å². The van der Waals surface area contributed by atoms with Gasteiger partial charge in [-0.05, 0) is 61.1 Å². The molecule has 1 aliphatic carbocycles. The van der Waals surface area contributed by atoms with E-state index in [-0.39, 0.29) is 12.2 Å². The molecule has 0 radical (unpaired) electrons. The van der Waals surface area contributed by atoms with Gasteiger partial charge in [0.25, 0.3) is 5.91 Å². The number of hydrogen-bond donors (Lipinski definition) is 2. The lowest BCUT2D eigenvalue weighted by Gasteiger charge is -2.25. The van der Waals surface area contributed by atoms with Crippen molar-refractivity contribution in [2.24, 2.45) is 0 Å². The predicted octanol–water partition coefficient (Wildman–Crippen LogP) is 4.06. The van der Waals surface area contributed by atoms with Crippen molar-refractivity contribution < 1.29 is 14.4 Å². The van der Waals surface area contributed by atoms with Gasteiger partial charge in [-0.3, -0.25) is 9.89 Å². The fourth-order valence-electron chi connectivity index (χ4n) is 4.52. The van der Waals surface area contributed by atoms with Crippen molar-refractivity contribution in [3.63, 3.8) is 0 Å². The van der Waals surface area contributed by atoms with Gasteiger partial charge in [-0.2, -0.15) is 5.10 Å². The average molecular weight is 414 g/mol. The zero-order chi connectivity index (χ0) is 20.8. The van der Waals surface area contributed by atoms with Crippen LogP contribution in [0.15, 0.2) is 42.6 Å². The third kappa shape index (κ3) is 3.17. The monoisotopic (exact) mass is 414 g/mol. The first-order chi connectivity index (χ1) is 15.3. The Bertz CT molecular complexity index is 1290. The van der Waals surface area contributed by atoms with Crippen molar-refractivity contribution in [2.45, 2.75) is 38.4 Å². The van der Waals surface area contributed by atoms with Crippen molar-refractivity contribution in [1.29, 1.82) is 0 Å².